The molecule has 0 N–H and O–H groups in total. The van der Waals surface area contributed by atoms with Gasteiger partial charge in [0.1, 0.15) is 5.82 Å². The molecular weight excluding hydrogens is 274 g/mol. The third kappa shape index (κ3) is 2.79. The molecule has 2 rings (SSSR count). The largest absolute Gasteiger partial charge is 0.380 e. The maximum absolute atomic E-state index is 9.05. The summed E-state index contributed by atoms with van der Waals surface area (Å²) in [7, 11) is 0. The second-order valence-electron chi connectivity index (χ2n) is 4.78. The second-order valence-corrected chi connectivity index (χ2v) is 5.43. The number of aromatic nitrogens is 2. The van der Waals surface area contributed by atoms with Gasteiger partial charge in [0.2, 0.25) is 0 Å². The lowest BCUT2D eigenvalue weighted by Gasteiger charge is -2.18. The van der Waals surface area contributed by atoms with Gasteiger partial charge in [0.25, 0.3) is 0 Å². The Morgan fingerprint density at radius 2 is 2.20 bits per heavy atom. The summed E-state index contributed by atoms with van der Waals surface area (Å²) < 4.78 is 7.58. The first-order valence-electron chi connectivity index (χ1n) is 6.72. The summed E-state index contributed by atoms with van der Waals surface area (Å²) >= 11 is 6.24. The minimum Gasteiger partial charge on any atom is -0.380 e. The third-order valence-corrected chi connectivity index (χ3v) is 3.40. The first kappa shape index (κ1) is 14.8. The standard InChI is InChI=1S/C15H18ClN3O/c1-4-20-9-10(2)19-14-7-12(8-17)5-6-13(14)18-15(19)11(3)16/h5-7,10-11H,4,9H2,1-3H3. The van der Waals surface area contributed by atoms with Crippen molar-refractivity contribution in [1.82, 2.24) is 9.55 Å². The number of fused-ring (bicyclic) bond motifs is 1. The lowest BCUT2D eigenvalue weighted by atomic mass is 10.2. The Morgan fingerprint density at radius 3 is 2.80 bits per heavy atom. The Hall–Kier alpha value is -1.57. The van der Waals surface area contributed by atoms with Crippen molar-refractivity contribution in [3.63, 3.8) is 0 Å². The number of nitrogens with zero attached hydrogens (tertiary/aromatic N) is 3. The van der Waals surface area contributed by atoms with Crippen molar-refractivity contribution in [2.75, 3.05) is 13.2 Å². The van der Waals surface area contributed by atoms with Crippen LogP contribution in [0.25, 0.3) is 11.0 Å². The number of benzene rings is 1. The molecule has 0 aliphatic heterocycles. The van der Waals surface area contributed by atoms with Crippen LogP contribution in [0.15, 0.2) is 18.2 Å². The molecule has 0 aliphatic carbocycles. The first-order valence-corrected chi connectivity index (χ1v) is 7.16. The van der Waals surface area contributed by atoms with Crippen LogP contribution < -0.4 is 0 Å². The molecule has 1 heterocycles. The first-order chi connectivity index (χ1) is 9.58. The van der Waals surface area contributed by atoms with Gasteiger partial charge in [-0.3, -0.25) is 0 Å². The molecule has 1 aromatic heterocycles. The van der Waals surface area contributed by atoms with Crippen molar-refractivity contribution >= 4 is 22.6 Å². The van der Waals surface area contributed by atoms with E-state index in [0.717, 1.165) is 16.9 Å². The van der Waals surface area contributed by atoms with Gasteiger partial charge in [-0.15, -0.1) is 11.6 Å². The highest BCUT2D eigenvalue weighted by atomic mass is 35.5. The maximum atomic E-state index is 9.05. The van der Waals surface area contributed by atoms with Crippen LogP contribution in [0, 0.1) is 11.3 Å². The minimum atomic E-state index is -0.197. The highest BCUT2D eigenvalue weighted by Gasteiger charge is 2.19. The Labute approximate surface area is 123 Å². The molecule has 0 spiro atoms. The highest BCUT2D eigenvalue weighted by molar-refractivity contribution is 6.20. The molecular formula is C15H18ClN3O. The van der Waals surface area contributed by atoms with Crippen molar-refractivity contribution in [2.45, 2.75) is 32.2 Å². The Balaban J connectivity index is 2.57. The van der Waals surface area contributed by atoms with Crippen LogP contribution in [-0.4, -0.2) is 22.8 Å². The zero-order chi connectivity index (χ0) is 14.7. The number of hydrogen-bond acceptors (Lipinski definition) is 3. The lowest BCUT2D eigenvalue weighted by Crippen LogP contribution is -2.15. The van der Waals surface area contributed by atoms with Crippen molar-refractivity contribution in [2.24, 2.45) is 0 Å². The summed E-state index contributed by atoms with van der Waals surface area (Å²) in [6.07, 6.45) is 0. The van der Waals surface area contributed by atoms with E-state index in [-0.39, 0.29) is 11.4 Å². The van der Waals surface area contributed by atoms with E-state index in [0.29, 0.717) is 18.8 Å². The molecule has 0 fully saturated rings. The second kappa shape index (κ2) is 6.25. The fraction of sp³-hybridized carbons (Fsp3) is 0.467. The third-order valence-electron chi connectivity index (χ3n) is 3.21. The molecule has 2 unspecified atom stereocenters. The minimum absolute atomic E-state index is 0.116. The average molecular weight is 292 g/mol. The van der Waals surface area contributed by atoms with Crippen molar-refractivity contribution < 1.29 is 4.74 Å². The van der Waals surface area contributed by atoms with Gasteiger partial charge in [0.05, 0.1) is 40.7 Å². The molecule has 106 valence electrons. The molecule has 0 aliphatic rings. The van der Waals surface area contributed by atoms with Gasteiger partial charge in [-0.2, -0.15) is 5.26 Å². The SMILES string of the molecule is CCOCC(C)n1c(C(C)Cl)nc2ccc(C#N)cc21. The molecule has 2 aromatic rings. The van der Waals surface area contributed by atoms with Gasteiger partial charge in [-0.25, -0.2) is 4.98 Å². The summed E-state index contributed by atoms with van der Waals surface area (Å²) in [4.78, 5) is 4.58. The van der Waals surface area contributed by atoms with Crippen LogP contribution in [0.3, 0.4) is 0 Å². The normalized spacial score (nSPS) is 14.2. The van der Waals surface area contributed by atoms with E-state index < -0.39 is 0 Å². The van der Waals surface area contributed by atoms with Gasteiger partial charge in [-0.1, -0.05) is 0 Å². The predicted molar refractivity (Wildman–Crippen MR) is 79.9 cm³/mol. The topological polar surface area (TPSA) is 50.8 Å². The van der Waals surface area contributed by atoms with Crippen molar-refractivity contribution in [3.8, 4) is 6.07 Å². The number of halogens is 1. The molecule has 2 atom stereocenters. The maximum Gasteiger partial charge on any atom is 0.128 e. The van der Waals surface area contributed by atoms with Crippen LogP contribution >= 0.6 is 11.6 Å². The van der Waals surface area contributed by atoms with Crippen LogP contribution in [0.1, 0.15) is 43.6 Å². The molecule has 5 heteroatoms. The van der Waals surface area contributed by atoms with Gasteiger partial charge in [-0.05, 0) is 39.0 Å². The van der Waals surface area contributed by atoms with Crippen LogP contribution in [0.2, 0.25) is 0 Å². The number of nitriles is 1. The van der Waals surface area contributed by atoms with E-state index >= 15 is 0 Å². The quantitative estimate of drug-likeness (QED) is 0.787. The molecule has 0 saturated heterocycles. The van der Waals surface area contributed by atoms with Crippen LogP contribution in [0.5, 0.6) is 0 Å². The summed E-state index contributed by atoms with van der Waals surface area (Å²) in [5.74, 6) is 0.809. The van der Waals surface area contributed by atoms with Crippen molar-refractivity contribution in [3.05, 3.63) is 29.6 Å². The van der Waals surface area contributed by atoms with E-state index in [1.54, 1.807) is 6.07 Å². The monoisotopic (exact) mass is 291 g/mol. The molecule has 0 radical (unpaired) electrons. The number of ether oxygens (including phenoxy) is 1. The smallest absolute Gasteiger partial charge is 0.128 e. The Morgan fingerprint density at radius 1 is 1.45 bits per heavy atom. The molecule has 0 bridgehead atoms. The van der Waals surface area contributed by atoms with E-state index in [2.05, 4.69) is 22.5 Å². The molecule has 1 aromatic carbocycles. The summed E-state index contributed by atoms with van der Waals surface area (Å²) in [6.45, 7) is 7.20. The van der Waals surface area contributed by atoms with E-state index in [4.69, 9.17) is 21.6 Å². The van der Waals surface area contributed by atoms with Gasteiger partial charge >= 0.3 is 0 Å². The summed E-state index contributed by atoms with van der Waals surface area (Å²) in [6, 6.07) is 7.77. The molecule has 0 amide bonds. The van der Waals surface area contributed by atoms with Crippen LogP contribution in [0.4, 0.5) is 0 Å². The Kier molecular flexibility index (Phi) is 4.64. The van der Waals surface area contributed by atoms with E-state index in [9.17, 15) is 0 Å². The van der Waals surface area contributed by atoms with Gasteiger partial charge < -0.3 is 9.30 Å². The highest BCUT2D eigenvalue weighted by Crippen LogP contribution is 2.28. The molecule has 4 nitrogen and oxygen atoms in total. The average Bonchev–Trinajstić information content (AvgIpc) is 2.83. The lowest BCUT2D eigenvalue weighted by molar-refractivity contribution is 0.119. The zero-order valence-electron chi connectivity index (χ0n) is 11.9. The predicted octanol–water partition coefficient (Wildman–Crippen LogP) is 3.81. The summed E-state index contributed by atoms with van der Waals surface area (Å²) in [5, 5.41) is 8.86. The van der Waals surface area contributed by atoms with Gasteiger partial charge in [0, 0.05) is 6.61 Å². The fourth-order valence-electron chi connectivity index (χ4n) is 2.29. The number of alkyl halides is 1. The zero-order valence-corrected chi connectivity index (χ0v) is 12.7. The molecule has 0 saturated carbocycles. The van der Waals surface area contributed by atoms with E-state index in [1.807, 2.05) is 26.0 Å². The fourth-order valence-corrected chi connectivity index (χ4v) is 2.44. The molecule has 20 heavy (non-hydrogen) atoms. The van der Waals surface area contributed by atoms with Gasteiger partial charge in [0.15, 0.2) is 0 Å². The summed E-state index contributed by atoms with van der Waals surface area (Å²) in [5.41, 5.74) is 2.41. The van der Waals surface area contributed by atoms with Crippen LogP contribution in [-0.2, 0) is 4.74 Å². The van der Waals surface area contributed by atoms with E-state index in [1.165, 1.54) is 0 Å². The number of imidazole rings is 1. The number of hydrogen-bond donors (Lipinski definition) is 0. The Bertz CT molecular complexity index is 642. The van der Waals surface area contributed by atoms with Crippen molar-refractivity contribution in [1.29, 1.82) is 5.26 Å². The number of rotatable bonds is 5.